The lowest BCUT2D eigenvalue weighted by molar-refractivity contribution is 0.179. The molecule has 1 atom stereocenters. The second-order valence-electron chi connectivity index (χ2n) is 7.71. The molecule has 1 N–H and O–H groups in total. The lowest BCUT2D eigenvalue weighted by atomic mass is 10.0. The van der Waals surface area contributed by atoms with Gasteiger partial charge in [0.1, 0.15) is 0 Å². The number of urea groups is 1. The molecule has 2 amide bonds. The number of likely N-dealkylation sites (N-methyl/N-ethyl adjacent to an activating group) is 1. The Kier molecular flexibility index (Phi) is 7.32. The molecule has 5 heteroatoms. The van der Waals surface area contributed by atoms with E-state index in [0.29, 0.717) is 6.54 Å². The number of hydrogen-bond donors (Lipinski definition) is 1. The molecular formula is C21H34N4O. The van der Waals surface area contributed by atoms with E-state index in [4.69, 9.17) is 0 Å². The van der Waals surface area contributed by atoms with E-state index in [1.54, 1.807) is 0 Å². The van der Waals surface area contributed by atoms with E-state index in [2.05, 4.69) is 52.5 Å². The molecule has 1 aromatic rings. The summed E-state index contributed by atoms with van der Waals surface area (Å²) in [5.41, 5.74) is 1.31. The Hall–Kier alpha value is -1.59. The van der Waals surface area contributed by atoms with E-state index < -0.39 is 0 Å². The topological polar surface area (TPSA) is 38.8 Å². The summed E-state index contributed by atoms with van der Waals surface area (Å²) in [6, 6.07) is 11.0. The monoisotopic (exact) mass is 358 g/mol. The first-order chi connectivity index (χ1) is 12.7. The zero-order valence-corrected chi connectivity index (χ0v) is 16.2. The van der Waals surface area contributed by atoms with Crippen molar-refractivity contribution >= 4 is 6.03 Å². The normalized spacial score (nSPS) is 21.7. The second-order valence-corrected chi connectivity index (χ2v) is 7.71. The fourth-order valence-electron chi connectivity index (χ4n) is 4.09. The number of nitrogens with zero attached hydrogens (tertiary/aromatic N) is 3. The molecule has 0 saturated carbocycles. The highest BCUT2D eigenvalue weighted by molar-refractivity contribution is 5.74. The fourth-order valence-corrected chi connectivity index (χ4v) is 4.09. The lowest BCUT2D eigenvalue weighted by Crippen LogP contribution is -2.45. The molecule has 2 fully saturated rings. The number of nitrogens with one attached hydrogen (secondary N) is 1. The first-order valence-corrected chi connectivity index (χ1v) is 10.2. The third-order valence-corrected chi connectivity index (χ3v) is 5.72. The van der Waals surface area contributed by atoms with E-state index in [1.165, 1.54) is 31.2 Å². The van der Waals surface area contributed by atoms with Crippen LogP contribution in [0.3, 0.4) is 0 Å². The Morgan fingerprint density at radius 3 is 2.38 bits per heavy atom. The predicted molar refractivity (Wildman–Crippen MR) is 106 cm³/mol. The highest BCUT2D eigenvalue weighted by atomic mass is 16.2. The van der Waals surface area contributed by atoms with Crippen molar-refractivity contribution in [2.75, 3.05) is 52.9 Å². The molecule has 26 heavy (non-hydrogen) atoms. The maximum Gasteiger partial charge on any atom is 0.317 e. The van der Waals surface area contributed by atoms with Gasteiger partial charge in [-0.05, 0) is 51.5 Å². The zero-order valence-electron chi connectivity index (χ0n) is 16.2. The molecule has 1 unspecified atom stereocenters. The van der Waals surface area contributed by atoms with Gasteiger partial charge in [0.25, 0.3) is 0 Å². The van der Waals surface area contributed by atoms with Gasteiger partial charge in [0.15, 0.2) is 0 Å². The molecule has 0 aliphatic carbocycles. The van der Waals surface area contributed by atoms with E-state index >= 15 is 0 Å². The van der Waals surface area contributed by atoms with Crippen LogP contribution >= 0.6 is 0 Å². The first-order valence-electron chi connectivity index (χ1n) is 10.2. The van der Waals surface area contributed by atoms with Gasteiger partial charge >= 0.3 is 6.03 Å². The summed E-state index contributed by atoms with van der Waals surface area (Å²) >= 11 is 0. The third-order valence-electron chi connectivity index (χ3n) is 5.72. The summed E-state index contributed by atoms with van der Waals surface area (Å²) in [5.74, 6) is 0. The average Bonchev–Trinajstić information content (AvgIpc) is 3.06. The summed E-state index contributed by atoms with van der Waals surface area (Å²) in [6.45, 7) is 6.66. The fraction of sp³-hybridized carbons (Fsp3) is 0.667. The third kappa shape index (κ3) is 5.45. The van der Waals surface area contributed by atoms with Crippen molar-refractivity contribution in [1.82, 2.24) is 20.0 Å². The summed E-state index contributed by atoms with van der Waals surface area (Å²) < 4.78 is 0. The standard InChI is InChI=1S/C21H34N4O/c1-23-12-9-15-25(17-16-23)21(26)22-18-20(19-10-5-4-6-11-19)24-13-7-2-3-8-14-24/h4-6,10-11,20H,2-3,7-9,12-18H2,1H3,(H,22,26). The largest absolute Gasteiger partial charge is 0.336 e. The summed E-state index contributed by atoms with van der Waals surface area (Å²) in [4.78, 5) is 19.6. The summed E-state index contributed by atoms with van der Waals surface area (Å²) in [6.07, 6.45) is 6.22. The van der Waals surface area contributed by atoms with Gasteiger partial charge in [-0.15, -0.1) is 0 Å². The smallest absolute Gasteiger partial charge is 0.317 e. The molecule has 0 radical (unpaired) electrons. The number of carbonyl (C=O) groups excluding carboxylic acids is 1. The lowest BCUT2D eigenvalue weighted by Gasteiger charge is -2.32. The van der Waals surface area contributed by atoms with Crippen molar-refractivity contribution in [3.8, 4) is 0 Å². The van der Waals surface area contributed by atoms with Gasteiger partial charge in [0.2, 0.25) is 0 Å². The van der Waals surface area contributed by atoms with E-state index in [9.17, 15) is 4.79 Å². The quantitative estimate of drug-likeness (QED) is 0.899. The van der Waals surface area contributed by atoms with Crippen LogP contribution in [0.15, 0.2) is 30.3 Å². The number of rotatable bonds is 4. The predicted octanol–water partition coefficient (Wildman–Crippen LogP) is 2.95. The van der Waals surface area contributed by atoms with Gasteiger partial charge in [-0.1, -0.05) is 43.2 Å². The highest BCUT2D eigenvalue weighted by Crippen LogP contribution is 2.23. The molecule has 2 aliphatic rings. The Bertz CT molecular complexity index is 542. The van der Waals surface area contributed by atoms with Gasteiger partial charge in [-0.3, -0.25) is 4.90 Å². The number of benzene rings is 1. The van der Waals surface area contributed by atoms with Gasteiger partial charge < -0.3 is 15.1 Å². The van der Waals surface area contributed by atoms with Crippen molar-refractivity contribution in [3.05, 3.63) is 35.9 Å². The Morgan fingerprint density at radius 2 is 1.65 bits per heavy atom. The van der Waals surface area contributed by atoms with Crippen LogP contribution in [0.1, 0.15) is 43.7 Å². The van der Waals surface area contributed by atoms with Gasteiger partial charge in [0.05, 0.1) is 6.04 Å². The van der Waals surface area contributed by atoms with E-state index in [1.807, 2.05) is 4.90 Å². The number of amides is 2. The minimum Gasteiger partial charge on any atom is -0.336 e. The molecule has 2 heterocycles. The molecule has 1 aromatic carbocycles. The van der Waals surface area contributed by atoms with Crippen molar-refractivity contribution in [2.24, 2.45) is 0 Å². The minimum absolute atomic E-state index is 0.0936. The molecule has 2 aliphatic heterocycles. The summed E-state index contributed by atoms with van der Waals surface area (Å²) in [7, 11) is 2.13. The van der Waals surface area contributed by atoms with Crippen LogP contribution < -0.4 is 5.32 Å². The van der Waals surface area contributed by atoms with Crippen LogP contribution in [0, 0.1) is 0 Å². The van der Waals surface area contributed by atoms with Crippen LogP contribution in [0.25, 0.3) is 0 Å². The Morgan fingerprint density at radius 1 is 0.923 bits per heavy atom. The van der Waals surface area contributed by atoms with Crippen LogP contribution in [0.4, 0.5) is 4.79 Å². The van der Waals surface area contributed by atoms with Gasteiger partial charge in [0, 0.05) is 26.2 Å². The Labute approximate surface area is 158 Å². The molecule has 144 valence electrons. The van der Waals surface area contributed by atoms with E-state index in [-0.39, 0.29) is 12.1 Å². The number of likely N-dealkylation sites (tertiary alicyclic amines) is 1. The maximum atomic E-state index is 12.7. The molecule has 0 spiro atoms. The highest BCUT2D eigenvalue weighted by Gasteiger charge is 2.23. The van der Waals surface area contributed by atoms with Crippen LogP contribution in [0.5, 0.6) is 0 Å². The van der Waals surface area contributed by atoms with E-state index in [0.717, 1.165) is 45.7 Å². The molecule has 2 saturated heterocycles. The first kappa shape index (κ1) is 19.2. The number of hydrogen-bond acceptors (Lipinski definition) is 3. The Balaban J connectivity index is 1.62. The van der Waals surface area contributed by atoms with Crippen LogP contribution in [-0.2, 0) is 0 Å². The SMILES string of the molecule is CN1CCCN(C(=O)NCC(c2ccccc2)N2CCCCCC2)CC1. The van der Waals surface area contributed by atoms with Crippen molar-refractivity contribution < 1.29 is 4.79 Å². The minimum atomic E-state index is 0.0936. The van der Waals surface area contributed by atoms with Crippen LogP contribution in [-0.4, -0.2) is 73.6 Å². The molecule has 0 aromatic heterocycles. The van der Waals surface area contributed by atoms with Gasteiger partial charge in [-0.25, -0.2) is 4.79 Å². The molecule has 0 bridgehead atoms. The molecule has 5 nitrogen and oxygen atoms in total. The van der Waals surface area contributed by atoms with Gasteiger partial charge in [-0.2, -0.15) is 0 Å². The van der Waals surface area contributed by atoms with Crippen molar-refractivity contribution in [3.63, 3.8) is 0 Å². The number of carbonyl (C=O) groups is 1. The van der Waals surface area contributed by atoms with Crippen LogP contribution in [0.2, 0.25) is 0 Å². The zero-order chi connectivity index (χ0) is 18.2. The molecule has 3 rings (SSSR count). The van der Waals surface area contributed by atoms with Crippen molar-refractivity contribution in [2.45, 2.75) is 38.1 Å². The summed E-state index contributed by atoms with van der Waals surface area (Å²) in [5, 5.41) is 3.24. The maximum absolute atomic E-state index is 12.7. The molecular weight excluding hydrogens is 324 g/mol. The second kappa shape index (κ2) is 9.93. The average molecular weight is 359 g/mol. The van der Waals surface area contributed by atoms with Crippen molar-refractivity contribution in [1.29, 1.82) is 0 Å².